The molecule has 0 aliphatic rings. The fourth-order valence-electron chi connectivity index (χ4n) is 1.26. The molecule has 86 valence electrons. The molecule has 1 aromatic heterocycles. The van der Waals surface area contributed by atoms with Gasteiger partial charge in [-0.25, -0.2) is 8.78 Å². The minimum atomic E-state index is -4.95. The van der Waals surface area contributed by atoms with Gasteiger partial charge in [0.25, 0.3) is 6.43 Å². The third-order valence-electron chi connectivity index (χ3n) is 1.98. The second-order valence-electron chi connectivity index (χ2n) is 2.97. The van der Waals surface area contributed by atoms with Gasteiger partial charge in [-0.3, -0.25) is 4.98 Å². The topological polar surface area (TPSA) is 36.7 Å². The molecule has 0 fully saturated rings. The number of alkyl halides is 5. The molecular formula is C9H5F5N2. The summed E-state index contributed by atoms with van der Waals surface area (Å²) in [7, 11) is 0. The zero-order valence-corrected chi connectivity index (χ0v) is 7.94. The van der Waals surface area contributed by atoms with E-state index >= 15 is 0 Å². The highest BCUT2D eigenvalue weighted by Gasteiger charge is 2.39. The monoisotopic (exact) mass is 236 g/mol. The van der Waals surface area contributed by atoms with Gasteiger partial charge in [0.15, 0.2) is 0 Å². The summed E-state index contributed by atoms with van der Waals surface area (Å²) in [5.41, 5.74) is -3.76. The Morgan fingerprint density at radius 1 is 1.38 bits per heavy atom. The van der Waals surface area contributed by atoms with Gasteiger partial charge in [0, 0.05) is 6.20 Å². The number of nitriles is 1. The van der Waals surface area contributed by atoms with E-state index in [0.717, 1.165) is 6.92 Å². The Bertz CT molecular complexity index is 444. The van der Waals surface area contributed by atoms with Crippen molar-refractivity contribution in [3.63, 3.8) is 0 Å². The summed E-state index contributed by atoms with van der Waals surface area (Å²) >= 11 is 0. The van der Waals surface area contributed by atoms with Crippen LogP contribution in [-0.2, 0) is 6.18 Å². The third kappa shape index (κ3) is 2.10. The van der Waals surface area contributed by atoms with E-state index in [2.05, 4.69) is 4.98 Å². The van der Waals surface area contributed by atoms with Gasteiger partial charge in [0.2, 0.25) is 0 Å². The van der Waals surface area contributed by atoms with E-state index in [1.165, 1.54) is 6.07 Å². The molecule has 1 heterocycles. The Morgan fingerprint density at radius 2 is 1.94 bits per heavy atom. The highest BCUT2D eigenvalue weighted by atomic mass is 19.4. The smallest absolute Gasteiger partial charge is 0.253 e. The first kappa shape index (κ1) is 12.4. The van der Waals surface area contributed by atoms with Crippen LogP contribution in [0.3, 0.4) is 0 Å². The Kier molecular flexibility index (Phi) is 3.12. The lowest BCUT2D eigenvalue weighted by molar-refractivity contribution is -0.140. The van der Waals surface area contributed by atoms with Crippen LogP contribution in [0.5, 0.6) is 0 Å². The largest absolute Gasteiger partial charge is 0.418 e. The number of pyridine rings is 1. The summed E-state index contributed by atoms with van der Waals surface area (Å²) in [6.45, 7) is 0.967. The average molecular weight is 236 g/mol. The first-order valence-corrected chi connectivity index (χ1v) is 4.04. The van der Waals surface area contributed by atoms with Crippen molar-refractivity contribution in [2.45, 2.75) is 19.5 Å². The summed E-state index contributed by atoms with van der Waals surface area (Å²) in [6, 6.07) is 1.47. The lowest BCUT2D eigenvalue weighted by Gasteiger charge is -2.14. The number of nitrogens with zero attached hydrogens (tertiary/aromatic N) is 2. The minimum Gasteiger partial charge on any atom is -0.253 e. The lowest BCUT2D eigenvalue weighted by atomic mass is 10.0. The molecule has 0 unspecified atom stereocenters. The molecule has 0 saturated heterocycles. The fraction of sp³-hybridized carbons (Fsp3) is 0.333. The van der Waals surface area contributed by atoms with E-state index in [0.29, 0.717) is 6.20 Å². The molecule has 0 aliphatic heterocycles. The van der Waals surface area contributed by atoms with Crippen molar-refractivity contribution in [2.24, 2.45) is 0 Å². The molecule has 0 spiro atoms. The van der Waals surface area contributed by atoms with Crippen molar-refractivity contribution in [3.8, 4) is 6.07 Å². The number of aromatic nitrogens is 1. The molecule has 7 heteroatoms. The Balaban J connectivity index is 3.58. The van der Waals surface area contributed by atoms with Crippen LogP contribution < -0.4 is 0 Å². The molecule has 0 aliphatic carbocycles. The van der Waals surface area contributed by atoms with Crippen LogP contribution in [-0.4, -0.2) is 4.98 Å². The van der Waals surface area contributed by atoms with Gasteiger partial charge in [-0.2, -0.15) is 18.4 Å². The van der Waals surface area contributed by atoms with Crippen molar-refractivity contribution < 1.29 is 22.0 Å². The maximum atomic E-state index is 12.5. The Morgan fingerprint density at radius 3 is 2.31 bits per heavy atom. The van der Waals surface area contributed by atoms with E-state index in [1.54, 1.807) is 0 Å². The summed E-state index contributed by atoms with van der Waals surface area (Å²) < 4.78 is 62.2. The summed E-state index contributed by atoms with van der Waals surface area (Å²) in [5.74, 6) is 0. The van der Waals surface area contributed by atoms with E-state index < -0.39 is 29.4 Å². The molecule has 0 aromatic carbocycles. The molecule has 0 N–H and O–H groups in total. The molecule has 0 saturated carbocycles. The van der Waals surface area contributed by atoms with Gasteiger partial charge in [-0.1, -0.05) is 0 Å². The van der Waals surface area contributed by atoms with Crippen molar-refractivity contribution in [3.05, 3.63) is 28.6 Å². The number of halogens is 5. The maximum Gasteiger partial charge on any atom is 0.418 e. The first-order valence-electron chi connectivity index (χ1n) is 4.04. The molecule has 1 rings (SSSR count). The molecule has 16 heavy (non-hydrogen) atoms. The van der Waals surface area contributed by atoms with Crippen LogP contribution in [0.1, 0.15) is 28.8 Å². The molecule has 1 aromatic rings. The molecular weight excluding hydrogens is 231 g/mol. The van der Waals surface area contributed by atoms with E-state index in [-0.39, 0.29) is 5.56 Å². The van der Waals surface area contributed by atoms with Gasteiger partial charge >= 0.3 is 6.18 Å². The number of rotatable bonds is 1. The Labute approximate surface area is 87.3 Å². The number of hydrogen-bond acceptors (Lipinski definition) is 2. The highest BCUT2D eigenvalue weighted by Crippen LogP contribution is 2.38. The van der Waals surface area contributed by atoms with Crippen LogP contribution in [0.4, 0.5) is 22.0 Å². The van der Waals surface area contributed by atoms with Gasteiger partial charge < -0.3 is 0 Å². The first-order chi connectivity index (χ1) is 7.29. The highest BCUT2D eigenvalue weighted by molar-refractivity contribution is 5.44. The predicted octanol–water partition coefficient (Wildman–Crippen LogP) is 3.22. The fourth-order valence-corrected chi connectivity index (χ4v) is 1.26. The van der Waals surface area contributed by atoms with Crippen molar-refractivity contribution in [1.29, 1.82) is 5.26 Å². The van der Waals surface area contributed by atoms with Crippen LogP contribution in [0.25, 0.3) is 0 Å². The molecule has 0 radical (unpaired) electrons. The lowest BCUT2D eigenvalue weighted by Crippen LogP contribution is -2.14. The predicted molar refractivity (Wildman–Crippen MR) is 43.6 cm³/mol. The summed E-state index contributed by atoms with van der Waals surface area (Å²) in [5, 5.41) is 8.49. The summed E-state index contributed by atoms with van der Waals surface area (Å²) in [6.07, 6.45) is -7.56. The summed E-state index contributed by atoms with van der Waals surface area (Å²) in [4.78, 5) is 2.98. The number of hydrogen-bond donors (Lipinski definition) is 0. The normalized spacial score (nSPS) is 11.6. The van der Waals surface area contributed by atoms with Gasteiger partial charge in [0.05, 0.1) is 11.1 Å². The van der Waals surface area contributed by atoms with Crippen molar-refractivity contribution >= 4 is 0 Å². The second-order valence-corrected chi connectivity index (χ2v) is 2.97. The SMILES string of the molecule is Cc1c(C#N)cnc(C(F)F)c1C(F)(F)F. The van der Waals surface area contributed by atoms with Crippen molar-refractivity contribution in [2.75, 3.05) is 0 Å². The third-order valence-corrected chi connectivity index (χ3v) is 1.98. The van der Waals surface area contributed by atoms with Gasteiger partial charge in [-0.15, -0.1) is 0 Å². The van der Waals surface area contributed by atoms with Gasteiger partial charge in [0.1, 0.15) is 11.8 Å². The Hall–Kier alpha value is -1.71. The quantitative estimate of drug-likeness (QED) is 0.702. The average Bonchev–Trinajstić information content (AvgIpc) is 2.14. The van der Waals surface area contributed by atoms with Gasteiger partial charge in [-0.05, 0) is 12.5 Å². The molecule has 0 bridgehead atoms. The molecule has 2 nitrogen and oxygen atoms in total. The van der Waals surface area contributed by atoms with Crippen LogP contribution in [0, 0.1) is 18.3 Å². The zero-order valence-electron chi connectivity index (χ0n) is 7.94. The van der Waals surface area contributed by atoms with E-state index in [1.807, 2.05) is 0 Å². The van der Waals surface area contributed by atoms with Crippen LogP contribution in [0.2, 0.25) is 0 Å². The zero-order chi connectivity index (χ0) is 12.5. The second kappa shape index (κ2) is 4.04. The van der Waals surface area contributed by atoms with E-state index in [4.69, 9.17) is 5.26 Å². The van der Waals surface area contributed by atoms with E-state index in [9.17, 15) is 22.0 Å². The standard InChI is InChI=1S/C9H5F5N2/c1-4-5(2-15)3-16-7(8(10)11)6(4)9(12,13)14/h3,8H,1H3. The molecule has 0 amide bonds. The maximum absolute atomic E-state index is 12.5. The van der Waals surface area contributed by atoms with Crippen LogP contribution in [0.15, 0.2) is 6.20 Å². The van der Waals surface area contributed by atoms with Crippen molar-refractivity contribution in [1.82, 2.24) is 4.98 Å². The molecule has 0 atom stereocenters. The van der Waals surface area contributed by atoms with Crippen LogP contribution >= 0.6 is 0 Å². The minimum absolute atomic E-state index is 0.364.